The van der Waals surface area contributed by atoms with Crippen LogP contribution in [0.1, 0.15) is 34.2 Å². The van der Waals surface area contributed by atoms with Crippen LogP contribution in [0.25, 0.3) is 0 Å². The number of carbonyl (C=O) groups is 1. The topological polar surface area (TPSA) is 65.4 Å². The second-order valence-corrected chi connectivity index (χ2v) is 6.43. The predicted molar refractivity (Wildman–Crippen MR) is 101 cm³/mol. The average Bonchev–Trinajstić information content (AvgIpc) is 2.98. The molecule has 0 spiro atoms. The molecule has 0 saturated heterocycles. The van der Waals surface area contributed by atoms with E-state index in [0.717, 1.165) is 17.8 Å². The molecule has 1 aliphatic rings. The molecule has 6 nitrogen and oxygen atoms in total. The lowest BCUT2D eigenvalue weighted by atomic mass is 10.1. The summed E-state index contributed by atoms with van der Waals surface area (Å²) in [5.74, 6) is 1.85. The second-order valence-electron chi connectivity index (χ2n) is 6.43. The smallest absolute Gasteiger partial charge is 0.252 e. The van der Waals surface area contributed by atoms with Crippen LogP contribution in [0.5, 0.6) is 11.5 Å². The molecule has 0 saturated carbocycles. The van der Waals surface area contributed by atoms with E-state index in [-0.39, 0.29) is 11.9 Å². The fourth-order valence-corrected chi connectivity index (χ4v) is 3.12. The molecule has 0 aliphatic carbocycles. The molecular formula is C21H21N3O3. The van der Waals surface area contributed by atoms with Crippen molar-refractivity contribution in [2.75, 3.05) is 13.2 Å². The van der Waals surface area contributed by atoms with Gasteiger partial charge in [-0.2, -0.15) is 0 Å². The molecule has 138 valence electrons. The maximum Gasteiger partial charge on any atom is 0.252 e. The van der Waals surface area contributed by atoms with Gasteiger partial charge in [0.05, 0.1) is 13.2 Å². The van der Waals surface area contributed by atoms with Crippen molar-refractivity contribution in [2.45, 2.75) is 12.5 Å². The summed E-state index contributed by atoms with van der Waals surface area (Å²) in [4.78, 5) is 17.4. The van der Waals surface area contributed by atoms with Gasteiger partial charge in [-0.1, -0.05) is 30.3 Å². The van der Waals surface area contributed by atoms with Gasteiger partial charge in [-0.15, -0.1) is 0 Å². The van der Waals surface area contributed by atoms with Gasteiger partial charge in [-0.25, -0.2) is 4.98 Å². The number of benzene rings is 2. The Labute approximate surface area is 157 Å². The molecule has 2 aromatic carbocycles. The largest absolute Gasteiger partial charge is 0.490 e. The molecule has 27 heavy (non-hydrogen) atoms. The minimum atomic E-state index is -0.352. The molecule has 0 unspecified atom stereocenters. The molecule has 3 aromatic rings. The Hall–Kier alpha value is -3.28. The van der Waals surface area contributed by atoms with Crippen molar-refractivity contribution in [1.29, 1.82) is 0 Å². The third-order valence-corrected chi connectivity index (χ3v) is 4.53. The Morgan fingerprint density at radius 1 is 1.11 bits per heavy atom. The van der Waals surface area contributed by atoms with Crippen LogP contribution in [-0.4, -0.2) is 28.7 Å². The molecule has 6 heteroatoms. The van der Waals surface area contributed by atoms with Gasteiger partial charge in [0.2, 0.25) is 0 Å². The summed E-state index contributed by atoms with van der Waals surface area (Å²) >= 11 is 0. The highest BCUT2D eigenvalue weighted by Gasteiger charge is 2.22. The number of aromatic nitrogens is 2. The molecule has 4 rings (SSSR count). The zero-order chi connectivity index (χ0) is 18.6. The highest BCUT2D eigenvalue weighted by Crippen LogP contribution is 2.31. The standard InChI is InChI=1S/C21H21N3O3/c1-24-11-10-22-20(24)19(15-6-3-2-4-7-15)23-21(25)16-8-9-17-18(14-16)27-13-5-12-26-17/h2-4,6-11,14,19H,5,12-13H2,1H3,(H,23,25)/t19-/m1/s1. The Morgan fingerprint density at radius 2 is 1.89 bits per heavy atom. The van der Waals surface area contributed by atoms with Crippen LogP contribution < -0.4 is 14.8 Å². The van der Waals surface area contributed by atoms with E-state index in [1.54, 1.807) is 24.4 Å². The minimum Gasteiger partial charge on any atom is -0.490 e. The highest BCUT2D eigenvalue weighted by molar-refractivity contribution is 5.95. The molecule has 1 N–H and O–H groups in total. The van der Waals surface area contributed by atoms with E-state index >= 15 is 0 Å². The van der Waals surface area contributed by atoms with Crippen LogP contribution in [0.3, 0.4) is 0 Å². The third kappa shape index (κ3) is 3.65. The van der Waals surface area contributed by atoms with E-state index in [9.17, 15) is 4.79 Å². The van der Waals surface area contributed by atoms with E-state index in [1.807, 2.05) is 48.1 Å². The summed E-state index contributed by atoms with van der Waals surface area (Å²) < 4.78 is 13.2. The number of hydrogen-bond acceptors (Lipinski definition) is 4. The van der Waals surface area contributed by atoms with Gasteiger partial charge in [-0.3, -0.25) is 4.79 Å². The van der Waals surface area contributed by atoms with Crippen molar-refractivity contribution in [2.24, 2.45) is 7.05 Å². The molecule has 2 heterocycles. The third-order valence-electron chi connectivity index (χ3n) is 4.53. The van der Waals surface area contributed by atoms with Crippen molar-refractivity contribution >= 4 is 5.91 Å². The number of nitrogens with zero attached hydrogens (tertiary/aromatic N) is 2. The van der Waals surface area contributed by atoms with Crippen molar-refractivity contribution in [3.63, 3.8) is 0 Å². The van der Waals surface area contributed by atoms with E-state index in [4.69, 9.17) is 9.47 Å². The lowest BCUT2D eigenvalue weighted by molar-refractivity contribution is 0.0940. The van der Waals surface area contributed by atoms with Gasteiger partial charge >= 0.3 is 0 Å². The number of aryl methyl sites for hydroxylation is 1. The quantitative estimate of drug-likeness (QED) is 0.774. The van der Waals surface area contributed by atoms with Crippen LogP contribution in [-0.2, 0) is 7.05 Å². The number of nitrogens with one attached hydrogen (secondary N) is 1. The SMILES string of the molecule is Cn1ccnc1[C@H](NC(=O)c1ccc2c(c1)OCCCO2)c1ccccc1. The number of amides is 1. The molecule has 1 aromatic heterocycles. The zero-order valence-corrected chi connectivity index (χ0v) is 15.1. The first-order valence-corrected chi connectivity index (χ1v) is 8.95. The molecule has 1 aliphatic heterocycles. The molecule has 0 radical (unpaired) electrons. The van der Waals surface area contributed by atoms with Crippen molar-refractivity contribution in [1.82, 2.24) is 14.9 Å². The molecule has 0 bridgehead atoms. The maximum atomic E-state index is 13.0. The maximum absolute atomic E-state index is 13.0. The summed E-state index contributed by atoms with van der Waals surface area (Å²) in [6, 6.07) is 14.7. The van der Waals surface area contributed by atoms with Crippen molar-refractivity contribution < 1.29 is 14.3 Å². The Morgan fingerprint density at radius 3 is 2.63 bits per heavy atom. The van der Waals surface area contributed by atoms with Gasteiger partial charge < -0.3 is 19.4 Å². The van der Waals surface area contributed by atoms with E-state index in [1.165, 1.54) is 0 Å². The Bertz CT molecular complexity index is 937. The highest BCUT2D eigenvalue weighted by atomic mass is 16.5. The van der Waals surface area contributed by atoms with Crippen LogP contribution >= 0.6 is 0 Å². The van der Waals surface area contributed by atoms with Gasteiger partial charge in [-0.05, 0) is 23.8 Å². The normalized spacial score (nSPS) is 14.3. The second kappa shape index (κ2) is 7.53. The summed E-state index contributed by atoms with van der Waals surface area (Å²) in [7, 11) is 1.91. The minimum absolute atomic E-state index is 0.192. The van der Waals surface area contributed by atoms with Gasteiger partial charge in [0.25, 0.3) is 5.91 Å². The van der Waals surface area contributed by atoms with Gasteiger partial charge in [0.1, 0.15) is 11.9 Å². The zero-order valence-electron chi connectivity index (χ0n) is 15.1. The number of rotatable bonds is 4. The van der Waals surface area contributed by atoms with E-state index < -0.39 is 0 Å². The molecule has 1 atom stereocenters. The summed E-state index contributed by atoms with van der Waals surface area (Å²) in [5, 5.41) is 3.10. The Balaban J connectivity index is 1.63. The molecule has 0 fully saturated rings. The van der Waals surface area contributed by atoms with Crippen LogP contribution in [0.4, 0.5) is 0 Å². The number of imidazole rings is 1. The molecule has 1 amide bonds. The summed E-state index contributed by atoms with van der Waals surface area (Å²) in [6.45, 7) is 1.20. The fraction of sp³-hybridized carbons (Fsp3) is 0.238. The number of fused-ring (bicyclic) bond motifs is 1. The lowest BCUT2D eigenvalue weighted by Crippen LogP contribution is -2.31. The van der Waals surface area contributed by atoms with Crippen molar-refractivity contribution in [3.05, 3.63) is 77.9 Å². The number of ether oxygens (including phenoxy) is 2. The Kier molecular flexibility index (Phi) is 4.78. The number of carbonyl (C=O) groups excluding carboxylic acids is 1. The van der Waals surface area contributed by atoms with E-state index in [0.29, 0.717) is 30.3 Å². The summed E-state index contributed by atoms with van der Waals surface area (Å²) in [6.07, 6.45) is 4.42. The monoisotopic (exact) mass is 363 g/mol. The predicted octanol–water partition coefficient (Wildman–Crippen LogP) is 3.10. The molecular weight excluding hydrogens is 342 g/mol. The lowest BCUT2D eigenvalue weighted by Gasteiger charge is -2.19. The van der Waals surface area contributed by atoms with E-state index in [2.05, 4.69) is 10.3 Å². The fourth-order valence-electron chi connectivity index (χ4n) is 3.12. The van der Waals surface area contributed by atoms with Crippen molar-refractivity contribution in [3.8, 4) is 11.5 Å². The van der Waals surface area contributed by atoms with Crippen LogP contribution in [0.2, 0.25) is 0 Å². The van der Waals surface area contributed by atoms with Gasteiger partial charge in [0.15, 0.2) is 11.5 Å². The van der Waals surface area contributed by atoms with Gasteiger partial charge in [0, 0.05) is 31.4 Å². The average molecular weight is 363 g/mol. The van der Waals surface area contributed by atoms with Crippen LogP contribution in [0, 0.1) is 0 Å². The first-order valence-electron chi connectivity index (χ1n) is 8.95. The van der Waals surface area contributed by atoms with Crippen LogP contribution in [0.15, 0.2) is 60.9 Å². The number of hydrogen-bond donors (Lipinski definition) is 1. The first kappa shape index (κ1) is 17.1. The summed E-state index contributed by atoms with van der Waals surface area (Å²) in [5.41, 5.74) is 1.49. The first-order chi connectivity index (χ1) is 13.2.